The maximum absolute atomic E-state index is 13.8. The van der Waals surface area contributed by atoms with Crippen molar-refractivity contribution >= 4 is 41.9 Å². The van der Waals surface area contributed by atoms with Crippen LogP contribution in [0.15, 0.2) is 72.1 Å². The fourth-order valence-electron chi connectivity index (χ4n) is 4.13. The van der Waals surface area contributed by atoms with Gasteiger partial charge in [0.25, 0.3) is 11.8 Å². The zero-order chi connectivity index (χ0) is 34.4. The molecule has 0 spiro atoms. The van der Waals surface area contributed by atoms with Gasteiger partial charge in [0.15, 0.2) is 0 Å². The Balaban J connectivity index is 2.49. The molecule has 0 saturated heterocycles. The minimum Gasteiger partial charge on any atom is -0.467 e. The van der Waals surface area contributed by atoms with Crippen molar-refractivity contribution < 1.29 is 33.4 Å². The highest BCUT2D eigenvalue weighted by Gasteiger charge is 2.31. The van der Waals surface area contributed by atoms with Crippen LogP contribution in [0, 0.1) is 11.8 Å². The summed E-state index contributed by atoms with van der Waals surface area (Å²) in [5.74, 6) is -3.47. The zero-order valence-corrected chi connectivity index (χ0v) is 27.8. The van der Waals surface area contributed by atoms with Gasteiger partial charge in [-0.2, -0.15) is 0 Å². The third-order valence-electron chi connectivity index (χ3n) is 6.79. The van der Waals surface area contributed by atoms with Crippen LogP contribution in [0.5, 0.6) is 0 Å². The molecule has 0 heterocycles. The van der Waals surface area contributed by atoms with E-state index in [2.05, 4.69) is 21.3 Å². The fraction of sp³-hybridized carbons (Fsp3) is 0.400. The second-order valence-electron chi connectivity index (χ2n) is 12.1. The number of alkyl carbamates (subject to hydrolysis) is 1. The second-order valence-corrected chi connectivity index (χ2v) is 12.1. The number of benzene rings is 2. The number of esters is 1. The van der Waals surface area contributed by atoms with Gasteiger partial charge in [-0.05, 0) is 55.9 Å². The maximum Gasteiger partial charge on any atom is 0.408 e. The van der Waals surface area contributed by atoms with Crippen LogP contribution in [-0.2, 0) is 28.7 Å². The van der Waals surface area contributed by atoms with Gasteiger partial charge < -0.3 is 30.7 Å². The lowest BCUT2D eigenvalue weighted by atomic mass is 9.99. The molecule has 4 amide bonds. The Labute approximate surface area is 271 Å². The van der Waals surface area contributed by atoms with Gasteiger partial charge in [0.05, 0.1) is 7.11 Å². The molecule has 11 nitrogen and oxygen atoms in total. The molecule has 0 unspecified atom stereocenters. The number of carbonyl (C=O) groups is 5. The van der Waals surface area contributed by atoms with Gasteiger partial charge in [0.1, 0.15) is 29.1 Å². The quantitative estimate of drug-likeness (QED) is 0.186. The molecule has 46 heavy (non-hydrogen) atoms. The largest absolute Gasteiger partial charge is 0.467 e. The highest BCUT2D eigenvalue weighted by molar-refractivity contribution is 6.09. The summed E-state index contributed by atoms with van der Waals surface area (Å²) in [5, 5.41) is 10.5. The number of ether oxygens (including phenoxy) is 2. The summed E-state index contributed by atoms with van der Waals surface area (Å²) in [5.41, 5.74) is 0.0457. The Hall–Kier alpha value is -4.93. The Morgan fingerprint density at radius 3 is 1.67 bits per heavy atom. The van der Waals surface area contributed by atoms with Crippen molar-refractivity contribution in [1.29, 1.82) is 0 Å². The number of nitrogens with one attached hydrogen (secondary N) is 4. The molecule has 4 N–H and O–H groups in total. The van der Waals surface area contributed by atoms with E-state index in [0.717, 1.165) is 0 Å². The summed E-state index contributed by atoms with van der Waals surface area (Å²) >= 11 is 0. The maximum atomic E-state index is 13.8. The lowest BCUT2D eigenvalue weighted by Gasteiger charge is -2.25. The van der Waals surface area contributed by atoms with Crippen LogP contribution in [0.4, 0.5) is 4.79 Å². The molecule has 2 rings (SSSR count). The highest BCUT2D eigenvalue weighted by atomic mass is 16.6. The molecule has 3 atom stereocenters. The van der Waals surface area contributed by atoms with Crippen molar-refractivity contribution in [2.45, 2.75) is 72.6 Å². The van der Waals surface area contributed by atoms with E-state index in [1.54, 1.807) is 102 Å². The molecule has 0 saturated carbocycles. The smallest absolute Gasteiger partial charge is 0.408 e. The summed E-state index contributed by atoms with van der Waals surface area (Å²) in [6.45, 7) is 12.3. The third-order valence-corrected chi connectivity index (χ3v) is 6.79. The van der Waals surface area contributed by atoms with Gasteiger partial charge in [-0.1, -0.05) is 94.8 Å². The monoisotopic (exact) mass is 634 g/mol. The first-order chi connectivity index (χ1) is 21.6. The number of hydrogen-bond donors (Lipinski definition) is 4. The van der Waals surface area contributed by atoms with E-state index in [9.17, 15) is 24.0 Å². The zero-order valence-electron chi connectivity index (χ0n) is 27.8. The summed E-state index contributed by atoms with van der Waals surface area (Å²) in [7, 11) is 1.23. The molecule has 11 heteroatoms. The predicted molar refractivity (Wildman–Crippen MR) is 177 cm³/mol. The normalized spacial score (nSPS) is 13.9. The average molecular weight is 635 g/mol. The van der Waals surface area contributed by atoms with Gasteiger partial charge in [-0.25, -0.2) is 9.59 Å². The van der Waals surface area contributed by atoms with Crippen molar-refractivity contribution in [3.05, 3.63) is 83.2 Å². The fourth-order valence-corrected chi connectivity index (χ4v) is 4.13. The van der Waals surface area contributed by atoms with Crippen molar-refractivity contribution in [2.24, 2.45) is 11.8 Å². The Bertz CT molecular complexity index is 1410. The van der Waals surface area contributed by atoms with Crippen LogP contribution < -0.4 is 21.3 Å². The molecule has 0 aromatic heterocycles. The van der Waals surface area contributed by atoms with Gasteiger partial charge in [0.2, 0.25) is 5.91 Å². The molecule has 2 aromatic rings. The molecule has 2 aromatic carbocycles. The van der Waals surface area contributed by atoms with Crippen molar-refractivity contribution in [3.8, 4) is 0 Å². The molecular formula is C35H46N4O7. The summed E-state index contributed by atoms with van der Waals surface area (Å²) in [6, 6.07) is 15.6. The molecule has 0 fully saturated rings. The standard InChI is InChI=1S/C35H46N4O7/c1-9-23(4)29(33(43)45-8)38-31(41)27(21-25-18-14-11-15-19-25)36-30(40)26(20-24-16-12-10-13-17-24)37-32(42)28(22(2)3)39-34(44)46-35(5,6)7/h10-23,28-29H,9H2,1-8H3,(H,36,40)(H,37,42)(H,38,41)(H,39,44)/b26-20-,27-21+/t23-,28-,29-/m0/s1. The minimum absolute atomic E-state index is 0.172. The van der Waals surface area contributed by atoms with E-state index in [0.29, 0.717) is 17.5 Å². The molecule has 0 bridgehead atoms. The van der Waals surface area contributed by atoms with E-state index >= 15 is 0 Å². The molecule has 0 radical (unpaired) electrons. The Kier molecular flexibility index (Phi) is 14.2. The first kappa shape index (κ1) is 37.3. The van der Waals surface area contributed by atoms with Crippen LogP contribution >= 0.6 is 0 Å². The molecule has 0 aliphatic heterocycles. The number of carbonyl (C=O) groups excluding carboxylic acids is 5. The highest BCUT2D eigenvalue weighted by Crippen LogP contribution is 2.14. The Morgan fingerprint density at radius 1 is 0.739 bits per heavy atom. The van der Waals surface area contributed by atoms with Gasteiger partial charge in [0, 0.05) is 0 Å². The van der Waals surface area contributed by atoms with E-state index in [-0.39, 0.29) is 23.2 Å². The first-order valence-corrected chi connectivity index (χ1v) is 15.2. The van der Waals surface area contributed by atoms with Crippen LogP contribution in [-0.4, -0.2) is 54.6 Å². The number of rotatable bonds is 13. The molecule has 248 valence electrons. The average Bonchev–Trinajstić information content (AvgIpc) is 3.00. The third kappa shape index (κ3) is 12.2. The number of methoxy groups -OCH3 is 1. The SMILES string of the molecule is CC[C@H](C)[C@H](NC(=O)/C(=C\c1ccccc1)NC(=O)/C(=C/c1ccccc1)NC(=O)[C@@H](NC(=O)OC(C)(C)C)C(C)C)C(=O)OC. The van der Waals surface area contributed by atoms with Gasteiger partial charge in [-0.3, -0.25) is 14.4 Å². The minimum atomic E-state index is -1.05. The summed E-state index contributed by atoms with van der Waals surface area (Å²) < 4.78 is 10.2. The van der Waals surface area contributed by atoms with E-state index < -0.39 is 47.5 Å². The lowest BCUT2D eigenvalue weighted by Crippen LogP contribution is -2.52. The Morgan fingerprint density at radius 2 is 1.24 bits per heavy atom. The van der Waals surface area contributed by atoms with Crippen LogP contribution in [0.25, 0.3) is 12.2 Å². The van der Waals surface area contributed by atoms with Crippen LogP contribution in [0.3, 0.4) is 0 Å². The van der Waals surface area contributed by atoms with Gasteiger partial charge >= 0.3 is 12.1 Å². The van der Waals surface area contributed by atoms with Crippen LogP contribution in [0.1, 0.15) is 66.0 Å². The lowest BCUT2D eigenvalue weighted by molar-refractivity contribution is -0.146. The molecule has 0 aliphatic carbocycles. The second kappa shape index (κ2) is 17.5. The number of amides is 4. The summed E-state index contributed by atoms with van der Waals surface area (Å²) in [4.78, 5) is 66.0. The molecular weight excluding hydrogens is 588 g/mol. The van der Waals surface area contributed by atoms with E-state index in [1.165, 1.54) is 19.3 Å². The topological polar surface area (TPSA) is 152 Å². The van der Waals surface area contributed by atoms with Gasteiger partial charge in [-0.15, -0.1) is 0 Å². The van der Waals surface area contributed by atoms with Crippen molar-refractivity contribution in [3.63, 3.8) is 0 Å². The van der Waals surface area contributed by atoms with Crippen LogP contribution in [0.2, 0.25) is 0 Å². The van der Waals surface area contributed by atoms with E-state index in [4.69, 9.17) is 9.47 Å². The van der Waals surface area contributed by atoms with Crippen molar-refractivity contribution in [2.75, 3.05) is 7.11 Å². The summed E-state index contributed by atoms with van der Waals surface area (Å²) in [6.07, 6.45) is 2.70. The molecule has 0 aliphatic rings. The van der Waals surface area contributed by atoms with E-state index in [1.807, 2.05) is 6.92 Å². The van der Waals surface area contributed by atoms with Crippen molar-refractivity contribution in [1.82, 2.24) is 21.3 Å². The first-order valence-electron chi connectivity index (χ1n) is 15.2. The number of hydrogen-bond acceptors (Lipinski definition) is 7. The predicted octanol–water partition coefficient (Wildman–Crippen LogP) is 4.55.